The maximum Gasteiger partial charge on any atom is 0.337 e. The van der Waals surface area contributed by atoms with Crippen molar-refractivity contribution in [2.45, 2.75) is 51.0 Å². The molecule has 1 unspecified atom stereocenters. The van der Waals surface area contributed by atoms with Crippen molar-refractivity contribution in [3.05, 3.63) is 83.2 Å². The molecule has 3 N–H and O–H groups in total. The van der Waals surface area contributed by atoms with Gasteiger partial charge < -0.3 is 15.1 Å². The van der Waals surface area contributed by atoms with Crippen molar-refractivity contribution in [2.24, 2.45) is 5.92 Å². The first kappa shape index (κ1) is 25.4. The topological polar surface area (TPSA) is 115 Å². The van der Waals surface area contributed by atoms with Gasteiger partial charge in [0, 0.05) is 23.5 Å². The van der Waals surface area contributed by atoms with E-state index in [4.69, 9.17) is 4.74 Å². The molecular weight excluding hydrogens is 454 g/mol. The number of nitriles is 1. The van der Waals surface area contributed by atoms with Crippen LogP contribution in [0.2, 0.25) is 0 Å². The summed E-state index contributed by atoms with van der Waals surface area (Å²) in [6.45, 7) is 4.47. The second-order valence-corrected chi connectivity index (χ2v) is 10.1. The van der Waals surface area contributed by atoms with E-state index in [1.807, 2.05) is 13.8 Å². The Bertz CT molecular complexity index is 1280. The second kappa shape index (κ2) is 10.9. The molecule has 1 aromatic heterocycles. The van der Waals surface area contributed by atoms with Gasteiger partial charge in [-0.3, -0.25) is 4.98 Å². The summed E-state index contributed by atoms with van der Waals surface area (Å²) < 4.78 is 6.06. The number of fused-ring (bicyclic) bond motifs is 1. The summed E-state index contributed by atoms with van der Waals surface area (Å²) in [6.07, 6.45) is 6.50. The zero-order valence-electron chi connectivity index (χ0n) is 20.6. The van der Waals surface area contributed by atoms with E-state index in [-0.39, 0.29) is 11.1 Å². The lowest BCUT2D eigenvalue weighted by Crippen LogP contribution is -2.39. The highest BCUT2D eigenvalue weighted by molar-refractivity contribution is 5.89. The van der Waals surface area contributed by atoms with E-state index in [0.717, 1.165) is 31.2 Å². The van der Waals surface area contributed by atoms with Gasteiger partial charge in [-0.1, -0.05) is 30.3 Å². The molecule has 1 heterocycles. The van der Waals surface area contributed by atoms with Crippen LogP contribution in [0.1, 0.15) is 66.1 Å². The predicted octanol–water partition coefficient (Wildman–Crippen LogP) is 5.58. The van der Waals surface area contributed by atoms with Gasteiger partial charge in [0.1, 0.15) is 11.8 Å². The highest BCUT2D eigenvalue weighted by Gasteiger charge is 2.35. The summed E-state index contributed by atoms with van der Waals surface area (Å²) in [5.41, 5.74) is 6.76. The third kappa shape index (κ3) is 5.73. The lowest BCUT2D eigenvalue weighted by molar-refractivity contribution is 0.0636. The van der Waals surface area contributed by atoms with E-state index < -0.39 is 5.97 Å². The average Bonchev–Trinajstić information content (AvgIpc) is 3.22. The van der Waals surface area contributed by atoms with Crippen molar-refractivity contribution in [3.8, 4) is 22.9 Å². The summed E-state index contributed by atoms with van der Waals surface area (Å²) in [7, 11) is 0. The highest BCUT2D eigenvalue weighted by atomic mass is 16.5. The summed E-state index contributed by atoms with van der Waals surface area (Å²) in [4.78, 5) is 15.3. The van der Waals surface area contributed by atoms with Gasteiger partial charge in [0.05, 0.1) is 17.7 Å². The fourth-order valence-electron chi connectivity index (χ4n) is 5.18. The summed E-state index contributed by atoms with van der Waals surface area (Å²) in [5, 5.41) is 28.4. The molecule has 0 aliphatic heterocycles. The van der Waals surface area contributed by atoms with E-state index in [0.29, 0.717) is 35.3 Å². The lowest BCUT2D eigenvalue weighted by atomic mass is 9.81. The van der Waals surface area contributed by atoms with Crippen LogP contribution in [0.25, 0.3) is 11.1 Å². The van der Waals surface area contributed by atoms with Crippen LogP contribution in [0.4, 0.5) is 0 Å². The summed E-state index contributed by atoms with van der Waals surface area (Å²) >= 11 is 0. The minimum Gasteiger partial charge on any atom is -0.492 e. The molecule has 1 aliphatic carbocycles. The van der Waals surface area contributed by atoms with Crippen LogP contribution in [0.15, 0.2) is 60.9 Å². The maximum absolute atomic E-state index is 11.3. The Morgan fingerprint density at radius 1 is 1.19 bits per heavy atom. The second-order valence-electron chi connectivity index (χ2n) is 10.1. The third-order valence-electron chi connectivity index (χ3n) is 6.92. The first-order valence-electron chi connectivity index (χ1n) is 12.2. The van der Waals surface area contributed by atoms with Crippen molar-refractivity contribution in [1.29, 1.82) is 5.26 Å². The molecule has 0 fully saturated rings. The molecule has 186 valence electrons. The number of carboxylic acid groups (broad SMARTS) is 1. The van der Waals surface area contributed by atoms with Crippen LogP contribution < -0.4 is 10.2 Å². The number of pyridine rings is 1. The zero-order chi connectivity index (χ0) is 25.7. The van der Waals surface area contributed by atoms with Crippen molar-refractivity contribution in [2.75, 3.05) is 6.61 Å². The number of hydrogen-bond donors (Lipinski definition) is 3. The Labute approximate surface area is 211 Å². The maximum atomic E-state index is 11.3. The number of hydrogen-bond acceptors (Lipinski definition) is 6. The predicted molar refractivity (Wildman–Crippen MR) is 136 cm³/mol. The van der Waals surface area contributed by atoms with E-state index in [1.54, 1.807) is 30.5 Å². The van der Waals surface area contributed by atoms with Gasteiger partial charge in [0.2, 0.25) is 0 Å². The van der Waals surface area contributed by atoms with Crippen LogP contribution in [0.3, 0.4) is 0 Å². The molecule has 3 aromatic rings. The molecule has 0 saturated carbocycles. The monoisotopic (exact) mass is 485 g/mol. The molecular formula is C29H31N3O4. The first-order valence-corrected chi connectivity index (χ1v) is 12.2. The first-order chi connectivity index (χ1) is 17.3. The number of aromatic nitrogens is 1. The highest BCUT2D eigenvalue weighted by Crippen LogP contribution is 2.44. The van der Waals surface area contributed by atoms with E-state index in [2.05, 4.69) is 40.8 Å². The number of aromatic carboxylic acids is 1. The van der Waals surface area contributed by atoms with Crippen molar-refractivity contribution >= 4 is 5.97 Å². The van der Waals surface area contributed by atoms with Crippen LogP contribution in [-0.4, -0.2) is 33.4 Å². The molecule has 7 heteroatoms. The van der Waals surface area contributed by atoms with Crippen LogP contribution in [0, 0.1) is 17.2 Å². The Morgan fingerprint density at radius 3 is 2.75 bits per heavy atom. The smallest absolute Gasteiger partial charge is 0.337 e. The normalized spacial score (nSPS) is 16.8. The van der Waals surface area contributed by atoms with Gasteiger partial charge in [-0.05, 0) is 86.3 Å². The molecule has 36 heavy (non-hydrogen) atoms. The minimum absolute atomic E-state index is 0.102. The third-order valence-corrected chi connectivity index (χ3v) is 6.92. The number of nitrogens with one attached hydrogen (secondary N) is 1. The van der Waals surface area contributed by atoms with Crippen molar-refractivity contribution in [3.63, 3.8) is 0 Å². The van der Waals surface area contributed by atoms with Gasteiger partial charge in [0.25, 0.3) is 0 Å². The molecule has 0 saturated heterocycles. The quantitative estimate of drug-likeness (QED) is 0.254. The van der Waals surface area contributed by atoms with Gasteiger partial charge in [-0.25, -0.2) is 10.3 Å². The average molecular weight is 486 g/mol. The molecule has 2 aromatic carbocycles. The van der Waals surface area contributed by atoms with Gasteiger partial charge in [0.15, 0.2) is 0 Å². The zero-order valence-corrected chi connectivity index (χ0v) is 20.6. The molecule has 0 radical (unpaired) electrons. The van der Waals surface area contributed by atoms with Crippen molar-refractivity contribution in [1.82, 2.24) is 10.5 Å². The van der Waals surface area contributed by atoms with E-state index in [1.165, 1.54) is 17.3 Å². The lowest BCUT2D eigenvalue weighted by Gasteiger charge is -2.30. The van der Waals surface area contributed by atoms with Gasteiger partial charge in [-0.15, -0.1) is 0 Å². The van der Waals surface area contributed by atoms with Crippen molar-refractivity contribution < 1.29 is 19.8 Å². The van der Waals surface area contributed by atoms with E-state index in [9.17, 15) is 20.4 Å². The number of benzene rings is 2. The van der Waals surface area contributed by atoms with Gasteiger partial charge >= 0.3 is 5.97 Å². The molecule has 0 amide bonds. The van der Waals surface area contributed by atoms with Crippen LogP contribution in [0.5, 0.6) is 5.75 Å². The summed E-state index contributed by atoms with van der Waals surface area (Å²) in [6, 6.07) is 17.5. The molecule has 0 spiro atoms. The Kier molecular flexibility index (Phi) is 7.68. The minimum atomic E-state index is -1.04. The number of carbonyl (C=O) groups is 1. The SMILES string of the molecule is CC(C)(C[C@H]1Cc2ccccc2C1CCCOc1cc(-c2cncc(C(=O)O)c2)ccc1C#N)NO. The summed E-state index contributed by atoms with van der Waals surface area (Å²) in [5.74, 6) is 0.234. The molecule has 0 bridgehead atoms. The van der Waals surface area contributed by atoms with Crippen LogP contribution >= 0.6 is 0 Å². The number of hydroxylamine groups is 1. The number of ether oxygens (including phenoxy) is 1. The number of carboxylic acids is 1. The molecule has 7 nitrogen and oxygen atoms in total. The Hall–Kier alpha value is -3.73. The van der Waals surface area contributed by atoms with Gasteiger partial charge in [-0.2, -0.15) is 5.26 Å². The molecule has 2 atom stereocenters. The fourth-order valence-corrected chi connectivity index (χ4v) is 5.18. The van der Waals surface area contributed by atoms with E-state index >= 15 is 0 Å². The van der Waals surface area contributed by atoms with Crippen LogP contribution in [-0.2, 0) is 6.42 Å². The Morgan fingerprint density at radius 2 is 2.00 bits per heavy atom. The number of rotatable bonds is 10. The molecule has 4 rings (SSSR count). The fraction of sp³-hybridized carbons (Fsp3) is 0.345. The number of nitrogens with zero attached hydrogens (tertiary/aromatic N) is 2. The Balaban J connectivity index is 1.45. The molecule has 1 aliphatic rings. The largest absolute Gasteiger partial charge is 0.492 e. The standard InChI is InChI=1S/C29H31N3O4/c1-29(2,32-35)15-22-12-20-6-3-4-7-25(20)26(22)8-5-11-36-27-14-19(9-10-21(27)16-30)23-13-24(28(33)34)18-31-17-23/h3-4,6-7,9-10,13-14,17-18,22,26,32,35H,5,8,11-12,15H2,1-2H3,(H,33,34)/t22-,26?/m1/s1.